The lowest BCUT2D eigenvalue weighted by Crippen LogP contribution is -2.53. The van der Waals surface area contributed by atoms with Crippen LogP contribution < -0.4 is 9.62 Å². The highest BCUT2D eigenvalue weighted by atomic mass is 35.5. The van der Waals surface area contributed by atoms with Crippen LogP contribution >= 0.6 is 11.6 Å². The van der Waals surface area contributed by atoms with Crippen molar-refractivity contribution >= 4 is 39.1 Å². The maximum Gasteiger partial charge on any atom is 0.416 e. The molecule has 1 aliphatic rings. The van der Waals surface area contributed by atoms with Gasteiger partial charge in [0.25, 0.3) is 0 Å². The number of benzene rings is 2. The molecule has 7 nitrogen and oxygen atoms in total. The van der Waals surface area contributed by atoms with Gasteiger partial charge in [-0.3, -0.25) is 13.9 Å². The highest BCUT2D eigenvalue weighted by Gasteiger charge is 2.35. The first-order chi connectivity index (χ1) is 18.2. The Morgan fingerprint density at radius 1 is 1.10 bits per heavy atom. The minimum absolute atomic E-state index is 0.0502. The summed E-state index contributed by atoms with van der Waals surface area (Å²) in [6.45, 7) is 0.611. The molecule has 2 aromatic rings. The maximum atomic E-state index is 13.7. The summed E-state index contributed by atoms with van der Waals surface area (Å²) < 4.78 is 79.5. The van der Waals surface area contributed by atoms with Crippen LogP contribution in [0.4, 0.5) is 23.2 Å². The molecule has 2 amide bonds. The second-order valence-corrected chi connectivity index (χ2v) is 11.8. The third-order valence-electron chi connectivity index (χ3n) is 6.57. The molecule has 3 rings (SSSR count). The molecule has 0 saturated heterocycles. The first-order valence-electron chi connectivity index (χ1n) is 12.4. The van der Waals surface area contributed by atoms with Crippen LogP contribution in [0, 0.1) is 5.82 Å². The first kappa shape index (κ1) is 30.7. The van der Waals surface area contributed by atoms with Crippen molar-refractivity contribution in [3.05, 3.63) is 64.4 Å². The van der Waals surface area contributed by atoms with E-state index in [9.17, 15) is 35.6 Å². The van der Waals surface area contributed by atoms with Crippen molar-refractivity contribution in [2.24, 2.45) is 0 Å². The normalized spacial score (nSPS) is 15.2. The van der Waals surface area contributed by atoms with Crippen molar-refractivity contribution in [2.45, 2.75) is 63.8 Å². The molecule has 0 aliphatic heterocycles. The van der Waals surface area contributed by atoms with Gasteiger partial charge in [0.2, 0.25) is 21.8 Å². The average molecular weight is 592 g/mol. The second-order valence-electron chi connectivity index (χ2n) is 9.50. The van der Waals surface area contributed by atoms with Gasteiger partial charge in [0.1, 0.15) is 18.4 Å². The largest absolute Gasteiger partial charge is 0.416 e. The van der Waals surface area contributed by atoms with Crippen LogP contribution in [0.5, 0.6) is 0 Å². The van der Waals surface area contributed by atoms with Gasteiger partial charge < -0.3 is 10.2 Å². The van der Waals surface area contributed by atoms with Crippen molar-refractivity contribution in [3.63, 3.8) is 0 Å². The maximum absolute atomic E-state index is 13.7. The van der Waals surface area contributed by atoms with Crippen molar-refractivity contribution in [1.82, 2.24) is 10.2 Å². The zero-order chi connectivity index (χ0) is 29.0. The van der Waals surface area contributed by atoms with E-state index in [0.717, 1.165) is 42.9 Å². The molecular formula is C26H30ClF4N3O4S. The number of nitrogens with zero attached hydrogens (tertiary/aromatic N) is 2. The Bertz CT molecular complexity index is 1280. The average Bonchev–Trinajstić information content (AvgIpc) is 3.35. The molecule has 39 heavy (non-hydrogen) atoms. The van der Waals surface area contributed by atoms with E-state index < -0.39 is 57.7 Å². The quantitative estimate of drug-likeness (QED) is 0.388. The van der Waals surface area contributed by atoms with Crippen LogP contribution in [-0.4, -0.2) is 50.0 Å². The predicted octanol–water partition coefficient (Wildman–Crippen LogP) is 5.13. The van der Waals surface area contributed by atoms with Crippen molar-refractivity contribution < 1.29 is 35.6 Å². The summed E-state index contributed by atoms with van der Waals surface area (Å²) in [5.41, 5.74) is -1.19. The minimum Gasteiger partial charge on any atom is -0.352 e. The number of anilines is 1. The minimum atomic E-state index is -4.78. The summed E-state index contributed by atoms with van der Waals surface area (Å²) in [5.74, 6) is -1.78. The number of nitrogens with one attached hydrogen (secondary N) is 1. The molecule has 1 N–H and O–H groups in total. The van der Waals surface area contributed by atoms with E-state index in [0.29, 0.717) is 22.0 Å². The van der Waals surface area contributed by atoms with Crippen molar-refractivity contribution in [1.29, 1.82) is 0 Å². The zero-order valence-corrected chi connectivity index (χ0v) is 23.0. The number of amides is 2. The van der Waals surface area contributed by atoms with Crippen molar-refractivity contribution in [2.75, 3.05) is 17.1 Å². The lowest BCUT2D eigenvalue weighted by molar-refractivity contribution is -0.140. The van der Waals surface area contributed by atoms with Gasteiger partial charge in [0.05, 0.1) is 22.5 Å². The molecule has 0 radical (unpaired) electrons. The molecule has 2 aromatic carbocycles. The molecule has 1 saturated carbocycles. The molecule has 0 heterocycles. The number of halogens is 5. The topological polar surface area (TPSA) is 86.8 Å². The van der Waals surface area contributed by atoms with Crippen LogP contribution in [0.25, 0.3) is 0 Å². The van der Waals surface area contributed by atoms with Crippen molar-refractivity contribution in [3.8, 4) is 0 Å². The molecular weight excluding hydrogens is 562 g/mol. The zero-order valence-electron chi connectivity index (χ0n) is 21.5. The fourth-order valence-corrected chi connectivity index (χ4v) is 5.67. The molecule has 214 valence electrons. The number of hydrogen-bond acceptors (Lipinski definition) is 4. The molecule has 1 atom stereocenters. The summed E-state index contributed by atoms with van der Waals surface area (Å²) in [7, 11) is -4.30. The van der Waals surface area contributed by atoms with Gasteiger partial charge in [-0.1, -0.05) is 43.5 Å². The van der Waals surface area contributed by atoms with Gasteiger partial charge >= 0.3 is 6.18 Å². The Morgan fingerprint density at radius 3 is 2.26 bits per heavy atom. The van der Waals surface area contributed by atoms with Crippen LogP contribution in [0.1, 0.15) is 50.2 Å². The monoisotopic (exact) mass is 591 g/mol. The number of sulfonamides is 1. The summed E-state index contributed by atoms with van der Waals surface area (Å²) in [5, 5.41) is 2.63. The van der Waals surface area contributed by atoms with E-state index in [4.69, 9.17) is 11.6 Å². The fraction of sp³-hybridized carbons (Fsp3) is 0.462. The second kappa shape index (κ2) is 12.5. The Morgan fingerprint density at radius 2 is 1.72 bits per heavy atom. The number of alkyl halides is 3. The number of carbonyl (C=O) groups is 2. The van der Waals surface area contributed by atoms with Gasteiger partial charge in [-0.2, -0.15) is 13.2 Å². The third kappa shape index (κ3) is 8.07. The molecule has 13 heteroatoms. The standard InChI is InChI=1S/C26H30ClF4N3O4S/c1-3-22(25(36)32-20-6-4-5-7-20)33(15-17-8-11-19(28)12-9-17)24(35)16-34(39(2,37)38)23-14-18(26(29,30)31)10-13-21(23)27/h8-14,20,22H,3-7,15-16H2,1-2H3,(H,32,36). The smallest absolute Gasteiger partial charge is 0.352 e. The Balaban J connectivity index is 1.99. The summed E-state index contributed by atoms with van der Waals surface area (Å²) >= 11 is 6.09. The van der Waals surface area contributed by atoms with E-state index in [1.165, 1.54) is 24.3 Å². The van der Waals surface area contributed by atoms with Crippen LogP contribution in [0.15, 0.2) is 42.5 Å². The highest BCUT2D eigenvalue weighted by molar-refractivity contribution is 7.92. The molecule has 1 unspecified atom stereocenters. The Labute approximate surface area is 230 Å². The van der Waals surface area contributed by atoms with Crippen LogP contribution in [0.2, 0.25) is 5.02 Å². The van der Waals surface area contributed by atoms with Gasteiger partial charge in [-0.15, -0.1) is 0 Å². The Hall–Kier alpha value is -2.86. The Kier molecular flexibility index (Phi) is 9.87. The van der Waals surface area contributed by atoms with Gasteiger partial charge in [-0.05, 0) is 55.2 Å². The highest BCUT2D eigenvalue weighted by Crippen LogP contribution is 2.36. The molecule has 0 spiro atoms. The predicted molar refractivity (Wildman–Crippen MR) is 140 cm³/mol. The molecule has 1 aliphatic carbocycles. The SMILES string of the molecule is CCC(C(=O)NC1CCCC1)N(Cc1ccc(F)cc1)C(=O)CN(c1cc(C(F)(F)F)ccc1Cl)S(C)(=O)=O. The van der Waals surface area contributed by atoms with Gasteiger partial charge in [0.15, 0.2) is 0 Å². The van der Waals surface area contributed by atoms with E-state index in [-0.39, 0.29) is 24.0 Å². The lowest BCUT2D eigenvalue weighted by Gasteiger charge is -2.33. The van der Waals surface area contributed by atoms with E-state index in [1.54, 1.807) is 6.92 Å². The van der Waals surface area contributed by atoms with Crippen LogP contribution in [0.3, 0.4) is 0 Å². The van der Waals surface area contributed by atoms with E-state index >= 15 is 0 Å². The number of carbonyl (C=O) groups excluding carboxylic acids is 2. The van der Waals surface area contributed by atoms with Crippen LogP contribution in [-0.2, 0) is 32.3 Å². The van der Waals surface area contributed by atoms with Gasteiger partial charge in [-0.25, -0.2) is 12.8 Å². The summed E-state index contributed by atoms with van der Waals surface area (Å²) in [4.78, 5) is 28.1. The van der Waals surface area contributed by atoms with E-state index in [2.05, 4.69) is 5.32 Å². The summed E-state index contributed by atoms with van der Waals surface area (Å²) in [6.07, 6.45) is -0.358. The first-order valence-corrected chi connectivity index (χ1v) is 14.6. The summed E-state index contributed by atoms with van der Waals surface area (Å²) in [6, 6.07) is 6.33. The third-order valence-corrected chi connectivity index (χ3v) is 8.02. The molecule has 1 fully saturated rings. The lowest BCUT2D eigenvalue weighted by atomic mass is 10.1. The number of rotatable bonds is 10. The molecule has 0 bridgehead atoms. The number of hydrogen-bond donors (Lipinski definition) is 1. The van der Waals surface area contributed by atoms with Gasteiger partial charge in [0, 0.05) is 12.6 Å². The van der Waals surface area contributed by atoms with E-state index in [1.807, 2.05) is 0 Å². The molecule has 0 aromatic heterocycles. The fourth-order valence-electron chi connectivity index (χ4n) is 4.55.